The number of hydrogen-bond donors (Lipinski definition) is 2. The lowest BCUT2D eigenvalue weighted by Gasteiger charge is -2.20. The number of carbonyl (C=O) groups is 1. The molecule has 1 aromatic rings. The number of rotatable bonds is 2. The van der Waals surface area contributed by atoms with E-state index in [1.54, 1.807) is 6.92 Å². The normalized spacial score (nSPS) is 16.4. The maximum atomic E-state index is 11.6. The van der Waals surface area contributed by atoms with Gasteiger partial charge in [0.1, 0.15) is 0 Å². The lowest BCUT2D eigenvalue weighted by molar-refractivity contribution is -0.117. The molecule has 0 saturated heterocycles. The fraction of sp³-hybridized carbons (Fsp3) is 0.462. The van der Waals surface area contributed by atoms with Gasteiger partial charge in [0.15, 0.2) is 0 Å². The Kier molecular flexibility index (Phi) is 3.25. The smallest absolute Gasteiger partial charge is 0.241 e. The molecule has 0 bridgehead atoms. The van der Waals surface area contributed by atoms with Crippen molar-refractivity contribution in [2.45, 2.75) is 38.6 Å². The minimum atomic E-state index is -0.459. The number of nitrogens with two attached hydrogens (primary N) is 1. The molecule has 1 amide bonds. The number of hydrogen-bond acceptors (Lipinski definition) is 2. The van der Waals surface area contributed by atoms with Crippen molar-refractivity contribution in [2.75, 3.05) is 5.32 Å². The summed E-state index contributed by atoms with van der Waals surface area (Å²) in [5, 5.41) is 2.91. The van der Waals surface area contributed by atoms with E-state index in [9.17, 15) is 4.79 Å². The molecule has 3 N–H and O–H groups in total. The first-order valence-electron chi connectivity index (χ1n) is 5.85. The number of anilines is 1. The molecule has 0 heterocycles. The van der Waals surface area contributed by atoms with Crippen molar-refractivity contribution in [2.24, 2.45) is 5.73 Å². The second-order valence-electron chi connectivity index (χ2n) is 4.43. The molecule has 0 fully saturated rings. The van der Waals surface area contributed by atoms with E-state index in [4.69, 9.17) is 5.73 Å². The highest BCUT2D eigenvalue weighted by Gasteiger charge is 2.15. The Morgan fingerprint density at radius 1 is 1.38 bits per heavy atom. The second kappa shape index (κ2) is 4.66. The fourth-order valence-electron chi connectivity index (χ4n) is 2.15. The molecule has 16 heavy (non-hydrogen) atoms. The van der Waals surface area contributed by atoms with E-state index in [2.05, 4.69) is 11.4 Å². The van der Waals surface area contributed by atoms with Crippen LogP contribution >= 0.6 is 0 Å². The van der Waals surface area contributed by atoms with Crippen molar-refractivity contribution < 1.29 is 4.79 Å². The third-order valence-corrected chi connectivity index (χ3v) is 3.07. The van der Waals surface area contributed by atoms with Crippen LogP contribution in [0.1, 0.15) is 30.9 Å². The van der Waals surface area contributed by atoms with Crippen LogP contribution in [0.25, 0.3) is 0 Å². The molecule has 1 atom stereocenters. The lowest BCUT2D eigenvalue weighted by atomic mass is 9.90. The van der Waals surface area contributed by atoms with Gasteiger partial charge in [-0.3, -0.25) is 4.79 Å². The van der Waals surface area contributed by atoms with Crippen molar-refractivity contribution in [3.05, 3.63) is 29.3 Å². The van der Waals surface area contributed by atoms with Crippen LogP contribution in [0.2, 0.25) is 0 Å². The Labute approximate surface area is 96.0 Å². The van der Waals surface area contributed by atoms with Gasteiger partial charge in [-0.15, -0.1) is 0 Å². The molecular formula is C13H18N2O. The van der Waals surface area contributed by atoms with Crippen LogP contribution in [0, 0.1) is 0 Å². The van der Waals surface area contributed by atoms with E-state index in [1.807, 2.05) is 12.1 Å². The summed E-state index contributed by atoms with van der Waals surface area (Å²) in [6, 6.07) is 5.65. The number of benzene rings is 1. The Bertz CT molecular complexity index is 399. The molecule has 0 aliphatic heterocycles. The molecule has 0 aromatic heterocycles. The van der Waals surface area contributed by atoms with Crippen LogP contribution in [0.4, 0.5) is 5.69 Å². The monoisotopic (exact) mass is 218 g/mol. The zero-order valence-corrected chi connectivity index (χ0v) is 9.62. The second-order valence-corrected chi connectivity index (χ2v) is 4.43. The van der Waals surface area contributed by atoms with Crippen LogP contribution in [-0.4, -0.2) is 11.9 Å². The van der Waals surface area contributed by atoms with Crippen molar-refractivity contribution in [3.63, 3.8) is 0 Å². The predicted octanol–water partition coefficient (Wildman–Crippen LogP) is 1.85. The highest BCUT2D eigenvalue weighted by Crippen LogP contribution is 2.27. The third-order valence-electron chi connectivity index (χ3n) is 3.07. The molecule has 0 saturated carbocycles. The predicted molar refractivity (Wildman–Crippen MR) is 65.4 cm³/mol. The first-order valence-corrected chi connectivity index (χ1v) is 5.85. The summed E-state index contributed by atoms with van der Waals surface area (Å²) in [5.41, 5.74) is 9.16. The number of fused-ring (bicyclic) bond motifs is 1. The number of amides is 1. The summed E-state index contributed by atoms with van der Waals surface area (Å²) in [7, 11) is 0. The summed E-state index contributed by atoms with van der Waals surface area (Å²) in [5.74, 6) is -0.112. The Balaban J connectivity index is 2.24. The average molecular weight is 218 g/mol. The topological polar surface area (TPSA) is 55.1 Å². The van der Waals surface area contributed by atoms with E-state index < -0.39 is 6.04 Å². The highest BCUT2D eigenvalue weighted by molar-refractivity contribution is 5.95. The number of carbonyl (C=O) groups excluding carboxylic acids is 1. The molecule has 3 nitrogen and oxygen atoms in total. The van der Waals surface area contributed by atoms with Gasteiger partial charge < -0.3 is 11.1 Å². The van der Waals surface area contributed by atoms with Crippen LogP contribution in [0.5, 0.6) is 0 Å². The van der Waals surface area contributed by atoms with E-state index in [-0.39, 0.29) is 5.91 Å². The summed E-state index contributed by atoms with van der Waals surface area (Å²) < 4.78 is 0. The van der Waals surface area contributed by atoms with Crippen LogP contribution in [-0.2, 0) is 17.6 Å². The van der Waals surface area contributed by atoms with Gasteiger partial charge in [-0.05, 0) is 49.8 Å². The van der Waals surface area contributed by atoms with E-state index in [0.29, 0.717) is 0 Å². The minimum Gasteiger partial charge on any atom is -0.324 e. The SMILES string of the molecule is C[C@@H](N)C(=O)Nc1cccc2c1CCCC2. The van der Waals surface area contributed by atoms with Gasteiger partial charge in [0, 0.05) is 5.69 Å². The average Bonchev–Trinajstić information content (AvgIpc) is 2.29. The lowest BCUT2D eigenvalue weighted by Crippen LogP contribution is -2.33. The van der Waals surface area contributed by atoms with Gasteiger partial charge in [0.05, 0.1) is 6.04 Å². The first-order chi connectivity index (χ1) is 7.68. The van der Waals surface area contributed by atoms with Crippen molar-refractivity contribution in [1.82, 2.24) is 0 Å². The zero-order chi connectivity index (χ0) is 11.5. The number of aryl methyl sites for hydroxylation is 1. The summed E-state index contributed by atoms with van der Waals surface area (Å²) in [4.78, 5) is 11.6. The molecular weight excluding hydrogens is 200 g/mol. The van der Waals surface area contributed by atoms with Crippen molar-refractivity contribution >= 4 is 11.6 Å². The van der Waals surface area contributed by atoms with Gasteiger partial charge in [-0.1, -0.05) is 12.1 Å². The van der Waals surface area contributed by atoms with E-state index >= 15 is 0 Å². The molecule has 1 aliphatic rings. The van der Waals surface area contributed by atoms with E-state index in [0.717, 1.165) is 18.5 Å². The molecule has 1 aliphatic carbocycles. The molecule has 1 aromatic carbocycles. The van der Waals surface area contributed by atoms with Gasteiger partial charge in [0.25, 0.3) is 0 Å². The summed E-state index contributed by atoms with van der Waals surface area (Å²) >= 11 is 0. The molecule has 0 spiro atoms. The molecule has 0 radical (unpaired) electrons. The van der Waals surface area contributed by atoms with Crippen molar-refractivity contribution in [1.29, 1.82) is 0 Å². The molecule has 0 unspecified atom stereocenters. The quantitative estimate of drug-likeness (QED) is 0.796. The van der Waals surface area contributed by atoms with E-state index in [1.165, 1.54) is 24.0 Å². The Morgan fingerprint density at radius 2 is 2.12 bits per heavy atom. The number of nitrogens with one attached hydrogen (secondary N) is 1. The third kappa shape index (κ3) is 2.25. The van der Waals surface area contributed by atoms with Crippen LogP contribution in [0.15, 0.2) is 18.2 Å². The molecule has 86 valence electrons. The maximum Gasteiger partial charge on any atom is 0.241 e. The first kappa shape index (κ1) is 11.1. The van der Waals surface area contributed by atoms with Crippen LogP contribution in [0.3, 0.4) is 0 Å². The molecule has 3 heteroatoms. The zero-order valence-electron chi connectivity index (χ0n) is 9.62. The fourth-order valence-corrected chi connectivity index (χ4v) is 2.15. The van der Waals surface area contributed by atoms with Gasteiger partial charge in [0.2, 0.25) is 5.91 Å². The summed E-state index contributed by atoms with van der Waals surface area (Å²) in [6.07, 6.45) is 4.64. The Hall–Kier alpha value is -1.35. The molecule has 2 rings (SSSR count). The standard InChI is InChI=1S/C13H18N2O/c1-9(14)13(16)15-12-8-4-6-10-5-2-3-7-11(10)12/h4,6,8-9H,2-3,5,7,14H2,1H3,(H,15,16)/t9-/m1/s1. The maximum absolute atomic E-state index is 11.6. The van der Waals surface area contributed by atoms with Crippen molar-refractivity contribution in [3.8, 4) is 0 Å². The van der Waals surface area contributed by atoms with Gasteiger partial charge in [-0.2, -0.15) is 0 Å². The summed E-state index contributed by atoms with van der Waals surface area (Å²) in [6.45, 7) is 1.70. The minimum absolute atomic E-state index is 0.112. The van der Waals surface area contributed by atoms with Gasteiger partial charge in [-0.25, -0.2) is 0 Å². The van der Waals surface area contributed by atoms with Gasteiger partial charge >= 0.3 is 0 Å². The Morgan fingerprint density at radius 3 is 2.88 bits per heavy atom. The largest absolute Gasteiger partial charge is 0.324 e. The van der Waals surface area contributed by atoms with Crippen LogP contribution < -0.4 is 11.1 Å². The highest BCUT2D eigenvalue weighted by atomic mass is 16.2.